The van der Waals surface area contributed by atoms with E-state index in [2.05, 4.69) is 16.6 Å². The maximum Gasteiger partial charge on any atom is 0.310 e. The van der Waals surface area contributed by atoms with E-state index in [1.807, 2.05) is 0 Å². The Kier molecular flexibility index (Phi) is 5.41. The van der Waals surface area contributed by atoms with E-state index in [9.17, 15) is 9.59 Å². The van der Waals surface area contributed by atoms with E-state index in [0.29, 0.717) is 12.3 Å². The lowest BCUT2D eigenvalue weighted by Gasteiger charge is -2.14. The van der Waals surface area contributed by atoms with Crippen molar-refractivity contribution in [2.45, 2.75) is 19.8 Å². The van der Waals surface area contributed by atoms with Crippen molar-refractivity contribution in [1.29, 1.82) is 0 Å². The van der Waals surface area contributed by atoms with Crippen LogP contribution in [0, 0.1) is 11.8 Å². The van der Waals surface area contributed by atoms with Crippen molar-refractivity contribution in [3.63, 3.8) is 0 Å². The zero-order valence-electron chi connectivity index (χ0n) is 10.8. The second kappa shape index (κ2) is 6.59. The van der Waals surface area contributed by atoms with Crippen molar-refractivity contribution in [3.8, 4) is 0 Å². The number of esters is 2. The van der Waals surface area contributed by atoms with Gasteiger partial charge in [0.05, 0.1) is 20.1 Å². The van der Waals surface area contributed by atoms with Gasteiger partial charge in [-0.1, -0.05) is 6.92 Å². The van der Waals surface area contributed by atoms with Crippen molar-refractivity contribution in [3.05, 3.63) is 0 Å². The lowest BCUT2D eigenvalue weighted by molar-refractivity contribution is -0.146. The fraction of sp³-hybridized carbons (Fsp3) is 0.833. The molecule has 5 heteroatoms. The Morgan fingerprint density at radius 2 is 1.94 bits per heavy atom. The van der Waals surface area contributed by atoms with Gasteiger partial charge in [0.15, 0.2) is 0 Å². The van der Waals surface area contributed by atoms with Gasteiger partial charge in [-0.25, -0.2) is 0 Å². The van der Waals surface area contributed by atoms with E-state index in [4.69, 9.17) is 4.74 Å². The number of carbonyl (C=O) groups excluding carboxylic acids is 2. The molecule has 0 aromatic carbocycles. The molecule has 2 atom stereocenters. The van der Waals surface area contributed by atoms with Crippen LogP contribution in [0.4, 0.5) is 0 Å². The predicted octanol–water partition coefficient (Wildman–Crippen LogP) is 0.680. The second-order valence-corrected chi connectivity index (χ2v) is 4.55. The van der Waals surface area contributed by atoms with Crippen LogP contribution in [0.5, 0.6) is 0 Å². The summed E-state index contributed by atoms with van der Waals surface area (Å²) in [7, 11) is 2.82. The summed E-state index contributed by atoms with van der Waals surface area (Å²) in [5.41, 5.74) is 0. The summed E-state index contributed by atoms with van der Waals surface area (Å²) in [6, 6.07) is 0. The van der Waals surface area contributed by atoms with Crippen LogP contribution in [0.3, 0.4) is 0 Å². The molecule has 1 aliphatic heterocycles. The molecule has 0 saturated carbocycles. The van der Waals surface area contributed by atoms with Crippen molar-refractivity contribution in [2.75, 3.05) is 33.9 Å². The van der Waals surface area contributed by atoms with Gasteiger partial charge < -0.3 is 14.4 Å². The summed E-state index contributed by atoms with van der Waals surface area (Å²) in [5.74, 6) is -0.0200. The van der Waals surface area contributed by atoms with Crippen molar-refractivity contribution < 1.29 is 19.1 Å². The molecule has 1 fully saturated rings. The quantitative estimate of drug-likeness (QED) is 0.665. The molecule has 0 bridgehead atoms. The van der Waals surface area contributed by atoms with Gasteiger partial charge in [-0.2, -0.15) is 0 Å². The Labute approximate surface area is 102 Å². The molecule has 0 radical (unpaired) electrons. The molecule has 17 heavy (non-hydrogen) atoms. The van der Waals surface area contributed by atoms with Gasteiger partial charge in [0.2, 0.25) is 0 Å². The zero-order valence-corrected chi connectivity index (χ0v) is 10.8. The average Bonchev–Trinajstić information content (AvgIpc) is 2.69. The van der Waals surface area contributed by atoms with Crippen molar-refractivity contribution >= 4 is 11.9 Å². The van der Waals surface area contributed by atoms with Crippen LogP contribution >= 0.6 is 0 Å². The summed E-state index contributed by atoms with van der Waals surface area (Å²) in [4.78, 5) is 24.6. The number of hydrogen-bond donors (Lipinski definition) is 0. The minimum atomic E-state index is -0.179. The zero-order chi connectivity index (χ0) is 12.8. The van der Waals surface area contributed by atoms with Gasteiger partial charge >= 0.3 is 11.9 Å². The molecule has 5 nitrogen and oxygen atoms in total. The highest BCUT2D eigenvalue weighted by Crippen LogP contribution is 2.24. The number of rotatable bonds is 5. The number of methoxy groups -OCH3 is 2. The van der Waals surface area contributed by atoms with Crippen LogP contribution in [-0.4, -0.2) is 50.7 Å². The molecular weight excluding hydrogens is 222 g/mol. The number of carbonyl (C=O) groups is 2. The molecular formula is C12H21NO4. The largest absolute Gasteiger partial charge is 0.469 e. The third-order valence-electron chi connectivity index (χ3n) is 3.27. The van der Waals surface area contributed by atoms with E-state index < -0.39 is 0 Å². The predicted molar refractivity (Wildman–Crippen MR) is 62.4 cm³/mol. The Morgan fingerprint density at radius 3 is 2.53 bits per heavy atom. The summed E-state index contributed by atoms with van der Waals surface area (Å²) in [5, 5.41) is 0. The monoisotopic (exact) mass is 243 g/mol. The first kappa shape index (κ1) is 14.0. The highest BCUT2D eigenvalue weighted by Gasteiger charge is 2.35. The number of hydrogen-bond acceptors (Lipinski definition) is 5. The topological polar surface area (TPSA) is 55.8 Å². The minimum Gasteiger partial charge on any atom is -0.469 e. The van der Waals surface area contributed by atoms with E-state index in [0.717, 1.165) is 26.1 Å². The molecule has 1 saturated heterocycles. The Hall–Kier alpha value is -1.10. The third-order valence-corrected chi connectivity index (χ3v) is 3.27. The van der Waals surface area contributed by atoms with Crippen LogP contribution in [-0.2, 0) is 19.1 Å². The first-order chi connectivity index (χ1) is 8.08. The molecule has 0 aromatic rings. The van der Waals surface area contributed by atoms with Crippen molar-refractivity contribution in [2.24, 2.45) is 11.8 Å². The van der Waals surface area contributed by atoms with Crippen LogP contribution < -0.4 is 0 Å². The first-order valence-electron chi connectivity index (χ1n) is 5.95. The molecule has 0 amide bonds. The Morgan fingerprint density at radius 1 is 1.24 bits per heavy atom. The summed E-state index contributed by atoms with van der Waals surface area (Å²) < 4.78 is 9.35. The molecule has 98 valence electrons. The maximum absolute atomic E-state index is 11.5. The lowest BCUT2D eigenvalue weighted by Crippen LogP contribution is -2.25. The standard InChI is InChI=1S/C12H21NO4/c1-9-7-13(6-4-5-11(14)16-2)8-10(9)12(15)17-3/h9-10H,4-8H2,1-3H3. The maximum atomic E-state index is 11.5. The van der Waals surface area contributed by atoms with Gasteiger partial charge in [-0.15, -0.1) is 0 Å². The van der Waals surface area contributed by atoms with Gasteiger partial charge in [-0.3, -0.25) is 9.59 Å². The molecule has 0 spiro atoms. The highest BCUT2D eigenvalue weighted by atomic mass is 16.5. The minimum absolute atomic E-state index is 0.0295. The smallest absolute Gasteiger partial charge is 0.310 e. The molecule has 0 aromatic heterocycles. The van der Waals surface area contributed by atoms with Gasteiger partial charge in [-0.05, 0) is 18.9 Å². The van der Waals surface area contributed by atoms with Gasteiger partial charge in [0, 0.05) is 19.5 Å². The average molecular weight is 243 g/mol. The lowest BCUT2D eigenvalue weighted by atomic mass is 9.99. The van der Waals surface area contributed by atoms with Gasteiger partial charge in [0.25, 0.3) is 0 Å². The van der Waals surface area contributed by atoms with Crippen LogP contribution in [0.15, 0.2) is 0 Å². The second-order valence-electron chi connectivity index (χ2n) is 4.55. The number of ether oxygens (including phenoxy) is 2. The number of likely N-dealkylation sites (tertiary alicyclic amines) is 1. The molecule has 1 aliphatic rings. The summed E-state index contributed by atoms with van der Waals surface area (Å²) in [6.45, 7) is 4.50. The van der Waals surface area contributed by atoms with Gasteiger partial charge in [0.1, 0.15) is 0 Å². The Balaban J connectivity index is 2.29. The van der Waals surface area contributed by atoms with E-state index >= 15 is 0 Å². The highest BCUT2D eigenvalue weighted by molar-refractivity contribution is 5.73. The summed E-state index contributed by atoms with van der Waals surface area (Å²) >= 11 is 0. The first-order valence-corrected chi connectivity index (χ1v) is 5.95. The Bertz CT molecular complexity index is 280. The van der Waals surface area contributed by atoms with Crippen LogP contribution in [0.2, 0.25) is 0 Å². The molecule has 1 heterocycles. The van der Waals surface area contributed by atoms with Crippen LogP contribution in [0.1, 0.15) is 19.8 Å². The van der Waals surface area contributed by atoms with E-state index in [1.165, 1.54) is 14.2 Å². The van der Waals surface area contributed by atoms with E-state index in [1.54, 1.807) is 0 Å². The van der Waals surface area contributed by atoms with Crippen molar-refractivity contribution in [1.82, 2.24) is 4.90 Å². The van der Waals surface area contributed by atoms with E-state index in [-0.39, 0.29) is 17.9 Å². The fourth-order valence-electron chi connectivity index (χ4n) is 2.26. The number of nitrogens with zero attached hydrogens (tertiary/aromatic N) is 1. The third kappa shape index (κ3) is 4.00. The molecule has 0 N–H and O–H groups in total. The van der Waals surface area contributed by atoms with Crippen LogP contribution in [0.25, 0.3) is 0 Å². The molecule has 1 rings (SSSR count). The summed E-state index contributed by atoms with van der Waals surface area (Å²) in [6.07, 6.45) is 1.21. The normalized spacial score (nSPS) is 24.6. The SMILES string of the molecule is COC(=O)CCCN1CC(C)C(C(=O)OC)C1. The fourth-order valence-corrected chi connectivity index (χ4v) is 2.26. The molecule has 2 unspecified atom stereocenters. The molecule has 0 aliphatic carbocycles.